The maximum absolute atomic E-state index is 12.6. The van der Waals surface area contributed by atoms with Crippen LogP contribution in [0.1, 0.15) is 33.7 Å². The summed E-state index contributed by atoms with van der Waals surface area (Å²) in [7, 11) is 0. The summed E-state index contributed by atoms with van der Waals surface area (Å²) in [4.78, 5) is 23.5. The van der Waals surface area contributed by atoms with E-state index in [0.717, 1.165) is 12.1 Å². The van der Waals surface area contributed by atoms with E-state index in [1.54, 1.807) is 6.92 Å². The fourth-order valence-electron chi connectivity index (χ4n) is 2.15. The molecule has 0 radical (unpaired) electrons. The monoisotopic (exact) mass is 354 g/mol. The molecule has 2 amide bonds. The predicted octanol–water partition coefficient (Wildman–Crippen LogP) is 3.04. The smallest absolute Gasteiger partial charge is 0.416 e. The topological polar surface area (TPSA) is 71.3 Å². The molecule has 1 aromatic heterocycles. The van der Waals surface area contributed by atoms with Crippen LogP contribution in [-0.4, -0.2) is 18.4 Å². The van der Waals surface area contributed by atoms with Crippen molar-refractivity contribution in [1.29, 1.82) is 0 Å². The summed E-state index contributed by atoms with van der Waals surface area (Å²) in [6, 6.07) is 6.28. The van der Waals surface area contributed by atoms with E-state index < -0.39 is 11.7 Å². The van der Waals surface area contributed by atoms with Crippen LogP contribution in [0.4, 0.5) is 13.2 Å². The van der Waals surface area contributed by atoms with Crippen LogP contribution in [0.15, 0.2) is 41.0 Å². The summed E-state index contributed by atoms with van der Waals surface area (Å²) in [6.45, 7) is 1.74. The van der Waals surface area contributed by atoms with Crippen LogP contribution in [0.25, 0.3) is 0 Å². The molecule has 0 aliphatic rings. The van der Waals surface area contributed by atoms with Crippen LogP contribution < -0.4 is 10.6 Å². The van der Waals surface area contributed by atoms with Crippen LogP contribution in [0.2, 0.25) is 0 Å². The molecule has 0 spiro atoms. The molecule has 0 fully saturated rings. The highest BCUT2D eigenvalue weighted by molar-refractivity contribution is 5.95. The zero-order valence-corrected chi connectivity index (χ0v) is 13.4. The van der Waals surface area contributed by atoms with Gasteiger partial charge in [-0.25, -0.2) is 0 Å². The van der Waals surface area contributed by atoms with Crippen molar-refractivity contribution >= 4 is 11.8 Å². The lowest BCUT2D eigenvalue weighted by Gasteiger charge is -2.10. The quantitative estimate of drug-likeness (QED) is 0.838. The van der Waals surface area contributed by atoms with Gasteiger partial charge in [0.05, 0.1) is 17.4 Å². The van der Waals surface area contributed by atoms with Gasteiger partial charge in [0.1, 0.15) is 5.76 Å². The lowest BCUT2D eigenvalue weighted by Crippen LogP contribution is -2.30. The van der Waals surface area contributed by atoms with E-state index in [9.17, 15) is 22.8 Å². The first-order valence-corrected chi connectivity index (χ1v) is 7.52. The van der Waals surface area contributed by atoms with Crippen LogP contribution in [-0.2, 0) is 17.5 Å². The number of rotatable bonds is 6. The van der Waals surface area contributed by atoms with Crippen LogP contribution in [0.3, 0.4) is 0 Å². The Morgan fingerprint density at radius 2 is 1.92 bits per heavy atom. The molecule has 5 nitrogen and oxygen atoms in total. The van der Waals surface area contributed by atoms with Crippen molar-refractivity contribution in [2.24, 2.45) is 0 Å². The number of benzene rings is 1. The summed E-state index contributed by atoms with van der Waals surface area (Å²) < 4.78 is 42.9. The van der Waals surface area contributed by atoms with Gasteiger partial charge in [-0.3, -0.25) is 9.59 Å². The van der Waals surface area contributed by atoms with Gasteiger partial charge < -0.3 is 15.1 Å². The van der Waals surface area contributed by atoms with E-state index in [0.29, 0.717) is 16.9 Å². The number of aryl methyl sites for hydroxylation is 1. The van der Waals surface area contributed by atoms with Gasteiger partial charge in [0.2, 0.25) is 5.91 Å². The number of amides is 2. The molecule has 1 heterocycles. The molecule has 0 saturated carbocycles. The Hall–Kier alpha value is -2.77. The van der Waals surface area contributed by atoms with Gasteiger partial charge in [-0.15, -0.1) is 0 Å². The summed E-state index contributed by atoms with van der Waals surface area (Å²) in [5.41, 5.74) is -0.0207. The first-order valence-electron chi connectivity index (χ1n) is 7.52. The van der Waals surface area contributed by atoms with Crippen molar-refractivity contribution in [3.8, 4) is 0 Å². The van der Waals surface area contributed by atoms with E-state index in [2.05, 4.69) is 10.6 Å². The molecule has 0 atom stereocenters. The highest BCUT2D eigenvalue weighted by Gasteiger charge is 2.30. The van der Waals surface area contributed by atoms with Crippen molar-refractivity contribution in [2.45, 2.75) is 26.1 Å². The molecule has 0 bridgehead atoms. The maximum atomic E-state index is 12.6. The molecule has 0 unspecified atom stereocenters. The number of alkyl halides is 3. The molecule has 2 aromatic rings. The van der Waals surface area contributed by atoms with Crippen LogP contribution in [0.5, 0.6) is 0 Å². The molecule has 25 heavy (non-hydrogen) atoms. The number of hydrogen-bond acceptors (Lipinski definition) is 3. The Morgan fingerprint density at radius 3 is 2.56 bits per heavy atom. The molecule has 0 saturated heterocycles. The number of carbonyl (C=O) groups is 2. The fraction of sp³-hybridized carbons (Fsp3) is 0.294. The average Bonchev–Trinajstić information content (AvgIpc) is 2.98. The Balaban J connectivity index is 1.76. The second-order valence-corrected chi connectivity index (χ2v) is 5.37. The molecular formula is C17H17F3N2O3. The Bertz CT molecular complexity index is 754. The Kier molecular flexibility index (Phi) is 5.84. The first-order chi connectivity index (χ1) is 11.8. The van der Waals surface area contributed by atoms with Gasteiger partial charge in [-0.05, 0) is 30.7 Å². The minimum absolute atomic E-state index is 0.0155. The highest BCUT2D eigenvalue weighted by atomic mass is 19.4. The van der Waals surface area contributed by atoms with Gasteiger partial charge in [-0.2, -0.15) is 13.2 Å². The molecule has 8 heteroatoms. The van der Waals surface area contributed by atoms with Crippen molar-refractivity contribution in [2.75, 3.05) is 6.54 Å². The largest absolute Gasteiger partial charge is 0.469 e. The minimum atomic E-state index is -4.42. The normalized spacial score (nSPS) is 11.2. The van der Waals surface area contributed by atoms with Crippen molar-refractivity contribution in [3.63, 3.8) is 0 Å². The van der Waals surface area contributed by atoms with Crippen molar-refractivity contribution < 1.29 is 27.2 Å². The molecule has 2 N–H and O–H groups in total. The number of nitrogens with one attached hydrogen (secondary N) is 2. The zero-order chi connectivity index (χ0) is 18.4. The molecule has 134 valence electrons. The number of halogens is 3. The van der Waals surface area contributed by atoms with Gasteiger partial charge >= 0.3 is 6.18 Å². The molecular weight excluding hydrogens is 337 g/mol. The van der Waals surface area contributed by atoms with Gasteiger partial charge in [0, 0.05) is 19.5 Å². The predicted molar refractivity (Wildman–Crippen MR) is 83.7 cm³/mol. The third-order valence-electron chi connectivity index (χ3n) is 3.49. The van der Waals surface area contributed by atoms with E-state index in [4.69, 9.17) is 4.42 Å². The number of furan rings is 1. The van der Waals surface area contributed by atoms with E-state index in [1.807, 2.05) is 0 Å². The third kappa shape index (κ3) is 5.37. The first kappa shape index (κ1) is 18.6. The Labute approximate surface area is 142 Å². The molecule has 1 aromatic carbocycles. The maximum Gasteiger partial charge on any atom is 0.416 e. The van der Waals surface area contributed by atoms with Gasteiger partial charge in [-0.1, -0.05) is 12.1 Å². The fourth-order valence-corrected chi connectivity index (χ4v) is 2.15. The average molecular weight is 354 g/mol. The summed E-state index contributed by atoms with van der Waals surface area (Å²) in [5, 5.41) is 5.10. The molecule has 0 aliphatic carbocycles. The number of carbonyl (C=O) groups excluding carboxylic acids is 2. The lowest BCUT2D eigenvalue weighted by atomic mass is 10.1. The van der Waals surface area contributed by atoms with Crippen LogP contribution in [0, 0.1) is 6.92 Å². The lowest BCUT2D eigenvalue weighted by molar-refractivity contribution is -0.137. The van der Waals surface area contributed by atoms with Gasteiger partial charge in [0.25, 0.3) is 5.91 Å². The van der Waals surface area contributed by atoms with E-state index in [1.165, 1.54) is 24.5 Å². The third-order valence-corrected chi connectivity index (χ3v) is 3.49. The number of hydrogen-bond donors (Lipinski definition) is 2. The highest BCUT2D eigenvalue weighted by Crippen LogP contribution is 2.29. The second-order valence-electron chi connectivity index (χ2n) is 5.37. The molecule has 0 aliphatic heterocycles. The standard InChI is InChI=1S/C17H17F3N2O3/c1-11-14(6-8-25-11)16(24)21-7-5-15(23)22-10-12-3-2-4-13(9-12)17(18,19)20/h2-4,6,8-9H,5,7,10H2,1H3,(H,21,24)(H,22,23). The summed E-state index contributed by atoms with van der Waals surface area (Å²) in [6.07, 6.45) is -3.01. The second kappa shape index (κ2) is 7.87. The van der Waals surface area contributed by atoms with E-state index >= 15 is 0 Å². The summed E-state index contributed by atoms with van der Waals surface area (Å²) >= 11 is 0. The zero-order valence-electron chi connectivity index (χ0n) is 13.4. The van der Waals surface area contributed by atoms with E-state index in [-0.39, 0.29) is 31.3 Å². The van der Waals surface area contributed by atoms with Gasteiger partial charge in [0.15, 0.2) is 0 Å². The van der Waals surface area contributed by atoms with Crippen molar-refractivity contribution in [1.82, 2.24) is 10.6 Å². The summed E-state index contributed by atoms with van der Waals surface area (Å²) in [5.74, 6) is -0.245. The molecule has 2 rings (SSSR count). The SMILES string of the molecule is Cc1occc1C(=O)NCCC(=O)NCc1cccc(C(F)(F)F)c1. The van der Waals surface area contributed by atoms with Crippen molar-refractivity contribution in [3.05, 3.63) is 59.0 Å². The van der Waals surface area contributed by atoms with Crippen LogP contribution >= 0.6 is 0 Å². The minimum Gasteiger partial charge on any atom is -0.469 e. The Morgan fingerprint density at radius 1 is 1.16 bits per heavy atom.